The number of carbonyl (C=O) groups excluding carboxylic acids is 4. The first kappa shape index (κ1) is 97.1. The third-order valence-electron chi connectivity index (χ3n) is 18.8. The Morgan fingerprint density at radius 2 is 0.465 bits per heavy atom. The van der Waals surface area contributed by atoms with Crippen LogP contribution in [-0.2, 0) is 65.4 Å². The second-order valence-electron chi connectivity index (χ2n) is 29.3. The summed E-state index contributed by atoms with van der Waals surface area (Å²) in [5.74, 6) is -1.33. The number of phosphoric acid groups is 2. The minimum atomic E-state index is -4.96. The van der Waals surface area contributed by atoms with Crippen molar-refractivity contribution in [1.29, 1.82) is 0 Å². The van der Waals surface area contributed by atoms with Crippen LogP contribution in [-0.4, -0.2) is 96.7 Å². The predicted molar refractivity (Wildman–Crippen MR) is 405 cm³/mol. The van der Waals surface area contributed by atoms with Crippen molar-refractivity contribution in [1.82, 2.24) is 0 Å². The number of esters is 4. The van der Waals surface area contributed by atoms with E-state index in [4.69, 9.17) is 37.0 Å². The Morgan fingerprint density at radius 1 is 0.273 bits per heavy atom. The fraction of sp³-hybridized carbons (Fsp3) is 0.950. The summed E-state index contributed by atoms with van der Waals surface area (Å²) in [5.41, 5.74) is 0. The van der Waals surface area contributed by atoms with E-state index >= 15 is 0 Å². The fourth-order valence-electron chi connectivity index (χ4n) is 12.4. The van der Waals surface area contributed by atoms with E-state index in [1.807, 2.05) is 0 Å². The zero-order valence-corrected chi connectivity index (χ0v) is 66.4. The summed E-state index contributed by atoms with van der Waals surface area (Å²) in [6.45, 7) is 7.33. The van der Waals surface area contributed by atoms with Gasteiger partial charge in [-0.15, -0.1) is 0 Å². The van der Waals surface area contributed by atoms with Crippen molar-refractivity contribution in [3.05, 3.63) is 0 Å². The van der Waals surface area contributed by atoms with Gasteiger partial charge in [-0.05, 0) is 31.6 Å². The molecular weight excluding hydrogens is 1290 g/mol. The van der Waals surface area contributed by atoms with Crippen molar-refractivity contribution in [3.8, 4) is 0 Å². The van der Waals surface area contributed by atoms with Gasteiger partial charge in [-0.2, -0.15) is 0 Å². The van der Waals surface area contributed by atoms with Gasteiger partial charge in [-0.25, -0.2) is 9.13 Å². The molecule has 588 valence electrons. The van der Waals surface area contributed by atoms with Crippen LogP contribution in [0.2, 0.25) is 0 Å². The molecule has 99 heavy (non-hydrogen) atoms. The lowest BCUT2D eigenvalue weighted by Gasteiger charge is -2.21. The highest BCUT2D eigenvalue weighted by Gasteiger charge is 2.30. The maximum atomic E-state index is 13.1. The van der Waals surface area contributed by atoms with Crippen LogP contribution in [0.5, 0.6) is 0 Å². The molecule has 17 nitrogen and oxygen atoms in total. The van der Waals surface area contributed by atoms with E-state index < -0.39 is 97.5 Å². The molecular formula is C80H156O17P2. The smallest absolute Gasteiger partial charge is 0.462 e. The van der Waals surface area contributed by atoms with Crippen molar-refractivity contribution in [2.45, 2.75) is 445 Å². The number of carbonyl (C=O) groups is 4. The van der Waals surface area contributed by atoms with Gasteiger partial charge in [-0.3, -0.25) is 37.3 Å². The highest BCUT2D eigenvalue weighted by molar-refractivity contribution is 7.47. The maximum absolute atomic E-state index is 13.1. The minimum Gasteiger partial charge on any atom is -0.462 e. The van der Waals surface area contributed by atoms with Crippen LogP contribution in [0, 0.1) is 5.92 Å². The number of unbranched alkanes of at least 4 members (excludes halogenated alkanes) is 52. The van der Waals surface area contributed by atoms with E-state index in [-0.39, 0.29) is 25.7 Å². The maximum Gasteiger partial charge on any atom is 0.472 e. The van der Waals surface area contributed by atoms with Gasteiger partial charge in [0, 0.05) is 25.7 Å². The van der Waals surface area contributed by atoms with Crippen LogP contribution in [0.1, 0.15) is 426 Å². The zero-order chi connectivity index (χ0) is 72.7. The van der Waals surface area contributed by atoms with E-state index in [0.29, 0.717) is 25.7 Å². The van der Waals surface area contributed by atoms with Crippen LogP contribution in [0.25, 0.3) is 0 Å². The van der Waals surface area contributed by atoms with Crippen LogP contribution >= 0.6 is 15.6 Å². The summed E-state index contributed by atoms with van der Waals surface area (Å²) in [5, 5.41) is 10.6. The molecule has 0 amide bonds. The average Bonchev–Trinajstić information content (AvgIpc) is 1.19. The molecule has 0 aromatic rings. The quantitative estimate of drug-likeness (QED) is 0.0222. The second-order valence-corrected chi connectivity index (χ2v) is 32.2. The van der Waals surface area contributed by atoms with Crippen molar-refractivity contribution >= 4 is 39.5 Å². The highest BCUT2D eigenvalue weighted by Crippen LogP contribution is 2.45. The topological polar surface area (TPSA) is 237 Å². The fourth-order valence-corrected chi connectivity index (χ4v) is 14.0. The van der Waals surface area contributed by atoms with Gasteiger partial charge in [0.2, 0.25) is 0 Å². The molecule has 0 spiro atoms. The van der Waals surface area contributed by atoms with E-state index in [9.17, 15) is 43.2 Å². The number of rotatable bonds is 80. The Morgan fingerprint density at radius 3 is 0.687 bits per heavy atom. The van der Waals surface area contributed by atoms with Crippen molar-refractivity contribution in [2.24, 2.45) is 5.92 Å². The zero-order valence-electron chi connectivity index (χ0n) is 64.6. The largest absolute Gasteiger partial charge is 0.472 e. The molecule has 0 radical (unpaired) electrons. The molecule has 0 rings (SSSR count). The standard InChI is InChI=1S/C80H156O17P2/c1-6-9-12-15-18-21-24-26-27-28-29-30-31-32-33-35-41-46-51-56-61-66-80(85)97-76(70-91-78(83)64-59-54-49-44-39-37-36-38-42-47-52-57-62-73(4)5)72-95-99(88,89)93-68-74(81)67-92-98(86,87)94-71-75(69-90-77(82)63-58-53-48-43-23-20-17-14-11-8-3)96-79(84)65-60-55-50-45-40-34-25-22-19-16-13-10-7-2/h73-76,81H,6-72H2,1-5H3,(H,86,87)(H,88,89)/t74-,75+,76+/m0/s1. The first-order chi connectivity index (χ1) is 48.0. The second kappa shape index (κ2) is 73.0. The molecule has 0 saturated heterocycles. The van der Waals surface area contributed by atoms with Gasteiger partial charge in [0.25, 0.3) is 0 Å². The van der Waals surface area contributed by atoms with E-state index in [2.05, 4.69) is 34.6 Å². The van der Waals surface area contributed by atoms with Gasteiger partial charge < -0.3 is 33.8 Å². The molecule has 0 saturated carbocycles. The highest BCUT2D eigenvalue weighted by atomic mass is 31.2. The minimum absolute atomic E-state index is 0.108. The molecule has 0 aromatic heterocycles. The Hall–Kier alpha value is -1.94. The van der Waals surface area contributed by atoms with Crippen LogP contribution in [0.4, 0.5) is 0 Å². The van der Waals surface area contributed by atoms with Gasteiger partial charge in [0.05, 0.1) is 26.4 Å². The third-order valence-corrected chi connectivity index (χ3v) is 20.7. The van der Waals surface area contributed by atoms with Crippen molar-refractivity contribution in [3.63, 3.8) is 0 Å². The molecule has 0 aliphatic carbocycles. The lowest BCUT2D eigenvalue weighted by molar-refractivity contribution is -0.161. The third kappa shape index (κ3) is 74.1. The van der Waals surface area contributed by atoms with Crippen LogP contribution < -0.4 is 0 Å². The summed E-state index contributed by atoms with van der Waals surface area (Å²) >= 11 is 0. The summed E-state index contributed by atoms with van der Waals surface area (Å²) in [6.07, 6.45) is 63.8. The molecule has 2 unspecified atom stereocenters. The lowest BCUT2D eigenvalue weighted by Crippen LogP contribution is -2.30. The molecule has 0 bridgehead atoms. The molecule has 0 aromatic carbocycles. The van der Waals surface area contributed by atoms with E-state index in [1.54, 1.807) is 0 Å². The first-order valence-corrected chi connectivity index (χ1v) is 44.6. The van der Waals surface area contributed by atoms with Crippen LogP contribution in [0.15, 0.2) is 0 Å². The Balaban J connectivity index is 5.21. The molecule has 19 heteroatoms. The summed E-state index contributed by atoms with van der Waals surface area (Å²) < 4.78 is 68.7. The lowest BCUT2D eigenvalue weighted by atomic mass is 10.0. The first-order valence-electron chi connectivity index (χ1n) is 41.6. The Bertz CT molecular complexity index is 1890. The van der Waals surface area contributed by atoms with Gasteiger partial charge in [-0.1, -0.05) is 375 Å². The van der Waals surface area contributed by atoms with Crippen molar-refractivity contribution in [2.75, 3.05) is 39.6 Å². The van der Waals surface area contributed by atoms with E-state index in [0.717, 1.165) is 95.8 Å². The van der Waals surface area contributed by atoms with Crippen LogP contribution in [0.3, 0.4) is 0 Å². The summed E-state index contributed by atoms with van der Waals surface area (Å²) in [4.78, 5) is 72.9. The number of hydrogen-bond acceptors (Lipinski definition) is 15. The number of hydrogen-bond donors (Lipinski definition) is 3. The normalized spacial score (nSPS) is 13.9. The Labute approximate surface area is 607 Å². The monoisotopic (exact) mass is 1450 g/mol. The molecule has 0 aliphatic heterocycles. The predicted octanol–water partition coefficient (Wildman–Crippen LogP) is 24.0. The van der Waals surface area contributed by atoms with Crippen molar-refractivity contribution < 1.29 is 80.2 Å². The Kier molecular flexibility index (Phi) is 71.6. The van der Waals surface area contributed by atoms with E-state index in [1.165, 1.54) is 250 Å². The molecule has 0 fully saturated rings. The number of aliphatic hydroxyl groups is 1. The molecule has 0 heterocycles. The SMILES string of the molecule is CCCCCCCCCCCCCCCCCCCCCCCC(=O)O[C@H](COC(=O)CCCCCCCCCCCCCCC(C)C)COP(=O)(O)OC[C@@H](O)COP(=O)(O)OC[C@@H](COC(=O)CCCCCCCCCCCC)OC(=O)CCCCCCCCCCCCCCC. The van der Waals surface area contributed by atoms with Gasteiger partial charge in [0.15, 0.2) is 12.2 Å². The average molecular weight is 1450 g/mol. The molecule has 3 N–H and O–H groups in total. The summed E-state index contributed by atoms with van der Waals surface area (Å²) in [6, 6.07) is 0. The molecule has 0 aliphatic rings. The number of phosphoric ester groups is 2. The van der Waals surface area contributed by atoms with Gasteiger partial charge >= 0.3 is 39.5 Å². The number of aliphatic hydroxyl groups excluding tert-OH is 1. The number of ether oxygens (including phenoxy) is 4. The molecule has 5 atom stereocenters. The summed E-state index contributed by atoms with van der Waals surface area (Å²) in [7, 11) is -9.91. The van der Waals surface area contributed by atoms with Gasteiger partial charge in [0.1, 0.15) is 19.3 Å².